The van der Waals surface area contributed by atoms with Gasteiger partial charge in [0.15, 0.2) is 5.16 Å². The molecule has 0 aliphatic rings. The largest absolute Gasteiger partial charge is 0.333 e. The van der Waals surface area contributed by atoms with E-state index in [1.807, 2.05) is 31.2 Å². The zero-order valence-corrected chi connectivity index (χ0v) is 12.2. The van der Waals surface area contributed by atoms with Crippen LogP contribution in [-0.4, -0.2) is 14.9 Å². The number of aromatic amines is 1. The molecule has 3 rings (SSSR count). The smallest absolute Gasteiger partial charge is 0.269 e. The van der Waals surface area contributed by atoms with Gasteiger partial charge in [-0.15, -0.1) is 0 Å². The second-order valence-corrected chi connectivity index (χ2v) is 5.68. The number of aryl methyl sites for hydroxylation is 1. The van der Waals surface area contributed by atoms with Crippen LogP contribution in [0, 0.1) is 17.0 Å². The van der Waals surface area contributed by atoms with E-state index >= 15 is 0 Å². The fraction of sp³-hybridized carbons (Fsp3) is 0.133. The van der Waals surface area contributed by atoms with E-state index in [4.69, 9.17) is 0 Å². The number of aromatic nitrogens is 2. The number of hydrogen-bond acceptors (Lipinski definition) is 4. The van der Waals surface area contributed by atoms with E-state index in [0.29, 0.717) is 5.75 Å². The van der Waals surface area contributed by atoms with Crippen molar-refractivity contribution in [3.63, 3.8) is 0 Å². The minimum atomic E-state index is -0.366. The molecule has 0 radical (unpaired) electrons. The van der Waals surface area contributed by atoms with Crippen LogP contribution in [0.1, 0.15) is 11.1 Å². The standard InChI is InChI=1S/C15H13N3O2S/c1-10-6-7-12(18(19)20)8-11(10)9-21-15-16-13-4-2-3-5-14(13)17-15/h2-8H,9H2,1H3,(H,16,17). The minimum absolute atomic E-state index is 0.126. The quantitative estimate of drug-likeness (QED) is 0.448. The maximum absolute atomic E-state index is 10.8. The predicted octanol–water partition coefficient (Wildman–Crippen LogP) is 4.07. The Labute approximate surface area is 125 Å². The molecule has 0 aliphatic heterocycles. The Kier molecular flexibility index (Phi) is 3.62. The number of fused-ring (bicyclic) bond motifs is 1. The van der Waals surface area contributed by atoms with Crippen LogP contribution < -0.4 is 0 Å². The predicted molar refractivity (Wildman–Crippen MR) is 83.5 cm³/mol. The Bertz CT molecular complexity index is 781. The molecule has 2 aromatic carbocycles. The van der Waals surface area contributed by atoms with Crippen LogP contribution >= 0.6 is 11.8 Å². The van der Waals surface area contributed by atoms with Crippen molar-refractivity contribution in [2.24, 2.45) is 0 Å². The van der Waals surface area contributed by atoms with Gasteiger partial charge in [0.25, 0.3) is 5.69 Å². The van der Waals surface area contributed by atoms with Crippen LogP contribution in [0.5, 0.6) is 0 Å². The number of benzene rings is 2. The second-order valence-electron chi connectivity index (χ2n) is 4.72. The molecule has 5 nitrogen and oxygen atoms in total. The first kappa shape index (κ1) is 13.6. The zero-order valence-electron chi connectivity index (χ0n) is 11.4. The van der Waals surface area contributed by atoms with Crippen LogP contribution in [0.15, 0.2) is 47.6 Å². The molecule has 1 aromatic heterocycles. The summed E-state index contributed by atoms with van der Waals surface area (Å²) in [6.07, 6.45) is 0. The Morgan fingerprint density at radius 1 is 1.29 bits per heavy atom. The van der Waals surface area contributed by atoms with Crippen LogP contribution in [0.3, 0.4) is 0 Å². The molecule has 0 fully saturated rings. The second kappa shape index (κ2) is 5.57. The molecule has 0 aliphatic carbocycles. The molecular weight excluding hydrogens is 286 g/mol. The molecule has 0 spiro atoms. The number of imidazole rings is 1. The summed E-state index contributed by atoms with van der Waals surface area (Å²) >= 11 is 1.54. The summed E-state index contributed by atoms with van der Waals surface area (Å²) in [5.74, 6) is 0.646. The summed E-state index contributed by atoms with van der Waals surface area (Å²) in [6.45, 7) is 1.96. The fourth-order valence-electron chi connectivity index (χ4n) is 2.07. The van der Waals surface area contributed by atoms with Crippen molar-refractivity contribution in [1.29, 1.82) is 0 Å². The van der Waals surface area contributed by atoms with Crippen molar-refractivity contribution in [1.82, 2.24) is 9.97 Å². The molecular formula is C15H13N3O2S. The van der Waals surface area contributed by atoms with Gasteiger partial charge in [-0.1, -0.05) is 30.0 Å². The van der Waals surface area contributed by atoms with Crippen LogP contribution in [0.4, 0.5) is 5.69 Å². The van der Waals surface area contributed by atoms with Gasteiger partial charge in [-0.05, 0) is 30.2 Å². The molecule has 0 amide bonds. The van der Waals surface area contributed by atoms with Crippen molar-refractivity contribution in [2.45, 2.75) is 17.8 Å². The van der Waals surface area contributed by atoms with Crippen LogP contribution in [-0.2, 0) is 5.75 Å². The number of para-hydroxylation sites is 2. The SMILES string of the molecule is Cc1ccc([N+](=O)[O-])cc1CSc1nc2ccccc2[nH]1. The third-order valence-electron chi connectivity index (χ3n) is 3.28. The van der Waals surface area contributed by atoms with E-state index in [1.54, 1.807) is 23.9 Å². The topological polar surface area (TPSA) is 71.8 Å². The normalized spacial score (nSPS) is 10.9. The van der Waals surface area contributed by atoms with E-state index in [2.05, 4.69) is 9.97 Å². The minimum Gasteiger partial charge on any atom is -0.333 e. The zero-order chi connectivity index (χ0) is 14.8. The van der Waals surface area contributed by atoms with Crippen molar-refractivity contribution in [3.05, 3.63) is 63.7 Å². The molecule has 0 bridgehead atoms. The lowest BCUT2D eigenvalue weighted by Gasteiger charge is -2.04. The first-order chi connectivity index (χ1) is 10.1. The van der Waals surface area contributed by atoms with Gasteiger partial charge < -0.3 is 4.98 Å². The van der Waals surface area contributed by atoms with Gasteiger partial charge in [-0.3, -0.25) is 10.1 Å². The van der Waals surface area contributed by atoms with E-state index in [1.165, 1.54) is 6.07 Å². The molecule has 106 valence electrons. The van der Waals surface area contributed by atoms with Gasteiger partial charge in [0.2, 0.25) is 0 Å². The van der Waals surface area contributed by atoms with Crippen molar-refractivity contribution in [2.75, 3.05) is 0 Å². The molecule has 1 N–H and O–H groups in total. The molecule has 0 saturated carbocycles. The average molecular weight is 299 g/mol. The van der Waals surface area contributed by atoms with E-state index in [-0.39, 0.29) is 10.6 Å². The highest BCUT2D eigenvalue weighted by Gasteiger charge is 2.10. The summed E-state index contributed by atoms with van der Waals surface area (Å²) in [4.78, 5) is 18.2. The Morgan fingerprint density at radius 2 is 2.10 bits per heavy atom. The maximum atomic E-state index is 10.8. The number of nitro groups is 1. The van der Waals surface area contributed by atoms with E-state index < -0.39 is 0 Å². The Morgan fingerprint density at radius 3 is 2.86 bits per heavy atom. The van der Waals surface area contributed by atoms with Crippen LogP contribution in [0.2, 0.25) is 0 Å². The van der Waals surface area contributed by atoms with Crippen molar-refractivity contribution in [3.8, 4) is 0 Å². The van der Waals surface area contributed by atoms with Crippen molar-refractivity contribution < 1.29 is 4.92 Å². The highest BCUT2D eigenvalue weighted by atomic mass is 32.2. The number of nitrogens with zero attached hydrogens (tertiary/aromatic N) is 2. The number of rotatable bonds is 4. The summed E-state index contributed by atoms with van der Waals surface area (Å²) in [6, 6.07) is 12.8. The van der Waals surface area contributed by atoms with E-state index in [9.17, 15) is 10.1 Å². The molecule has 21 heavy (non-hydrogen) atoms. The molecule has 1 heterocycles. The third kappa shape index (κ3) is 2.90. The third-order valence-corrected chi connectivity index (χ3v) is 4.20. The van der Waals surface area contributed by atoms with Crippen molar-refractivity contribution >= 4 is 28.5 Å². The summed E-state index contributed by atoms with van der Waals surface area (Å²) in [5.41, 5.74) is 4.05. The maximum Gasteiger partial charge on any atom is 0.269 e. The van der Waals surface area contributed by atoms with Gasteiger partial charge in [0.1, 0.15) is 0 Å². The van der Waals surface area contributed by atoms with Gasteiger partial charge in [0.05, 0.1) is 16.0 Å². The highest BCUT2D eigenvalue weighted by molar-refractivity contribution is 7.98. The van der Waals surface area contributed by atoms with E-state index in [0.717, 1.165) is 27.3 Å². The number of non-ortho nitro benzene ring substituents is 1. The number of nitro benzene ring substituents is 1. The lowest BCUT2D eigenvalue weighted by molar-refractivity contribution is -0.384. The summed E-state index contributed by atoms with van der Waals surface area (Å²) < 4.78 is 0. The molecule has 0 unspecified atom stereocenters. The van der Waals surface area contributed by atoms with Gasteiger partial charge in [-0.2, -0.15) is 0 Å². The lowest BCUT2D eigenvalue weighted by atomic mass is 10.1. The van der Waals surface area contributed by atoms with Gasteiger partial charge in [-0.25, -0.2) is 4.98 Å². The average Bonchev–Trinajstić information content (AvgIpc) is 2.89. The first-order valence-corrected chi connectivity index (χ1v) is 7.43. The number of nitrogens with one attached hydrogen (secondary N) is 1. The fourth-order valence-corrected chi connectivity index (χ4v) is 3.02. The molecule has 6 heteroatoms. The monoisotopic (exact) mass is 299 g/mol. The Hall–Kier alpha value is -2.34. The van der Waals surface area contributed by atoms with Crippen LogP contribution in [0.25, 0.3) is 11.0 Å². The Balaban J connectivity index is 1.80. The number of H-pyrrole nitrogens is 1. The number of hydrogen-bond donors (Lipinski definition) is 1. The lowest BCUT2D eigenvalue weighted by Crippen LogP contribution is -1.92. The summed E-state index contributed by atoms with van der Waals surface area (Å²) in [7, 11) is 0. The number of thioether (sulfide) groups is 1. The molecule has 3 aromatic rings. The van der Waals surface area contributed by atoms with Gasteiger partial charge >= 0.3 is 0 Å². The summed E-state index contributed by atoms with van der Waals surface area (Å²) in [5, 5.41) is 11.7. The molecule has 0 saturated heterocycles. The van der Waals surface area contributed by atoms with Gasteiger partial charge in [0, 0.05) is 17.9 Å². The highest BCUT2D eigenvalue weighted by Crippen LogP contribution is 2.26. The first-order valence-electron chi connectivity index (χ1n) is 6.45. The molecule has 0 atom stereocenters.